The molecule has 0 aliphatic carbocycles. The second-order valence-electron chi connectivity index (χ2n) is 5.63. The van der Waals surface area contributed by atoms with E-state index in [1.54, 1.807) is 29.6 Å². The van der Waals surface area contributed by atoms with Crippen LogP contribution in [0.4, 0.5) is 5.69 Å². The summed E-state index contributed by atoms with van der Waals surface area (Å²) in [5.74, 6) is -0.338. The van der Waals surface area contributed by atoms with Crippen LogP contribution in [0.3, 0.4) is 0 Å². The van der Waals surface area contributed by atoms with Crippen LogP contribution in [0.5, 0.6) is 0 Å². The van der Waals surface area contributed by atoms with Crippen molar-refractivity contribution in [3.05, 3.63) is 65.2 Å². The molecule has 0 heterocycles. The highest BCUT2D eigenvalue weighted by atomic mass is 16.5. The number of hydrogen-bond donors (Lipinski definition) is 2. The predicted molar refractivity (Wildman–Crippen MR) is 89.0 cm³/mol. The Morgan fingerprint density at radius 2 is 1.48 bits per heavy atom. The van der Waals surface area contributed by atoms with Gasteiger partial charge < -0.3 is 4.90 Å². The van der Waals surface area contributed by atoms with Crippen LogP contribution in [0.25, 0.3) is 0 Å². The lowest BCUT2D eigenvalue weighted by Gasteiger charge is -2.18. The predicted octanol–water partition coefficient (Wildman–Crippen LogP) is 3.21. The molecule has 0 spiro atoms. The number of anilines is 1. The standard InChI is InChI=1S/C18H20N2O3/c1-12(2)13-8-10-16(11-9-13)20(3)18(22)15-6-4-14(5-7-15)17(21)19-23/h4-12,23H,1-3H3,(H,19,21). The van der Waals surface area contributed by atoms with Crippen molar-refractivity contribution in [3.63, 3.8) is 0 Å². The lowest BCUT2D eigenvalue weighted by Crippen LogP contribution is -2.26. The summed E-state index contributed by atoms with van der Waals surface area (Å²) in [4.78, 5) is 25.3. The molecule has 0 saturated carbocycles. The van der Waals surface area contributed by atoms with Gasteiger partial charge in [0.1, 0.15) is 0 Å². The van der Waals surface area contributed by atoms with E-state index >= 15 is 0 Å². The van der Waals surface area contributed by atoms with Gasteiger partial charge in [0.05, 0.1) is 0 Å². The molecule has 2 aromatic carbocycles. The molecular formula is C18H20N2O3. The van der Waals surface area contributed by atoms with Crippen molar-refractivity contribution in [3.8, 4) is 0 Å². The second kappa shape index (κ2) is 7.07. The molecule has 2 amide bonds. The molecule has 5 heteroatoms. The number of nitrogens with zero attached hydrogens (tertiary/aromatic N) is 1. The number of carbonyl (C=O) groups is 2. The Balaban J connectivity index is 2.17. The Labute approximate surface area is 135 Å². The quantitative estimate of drug-likeness (QED) is 0.673. The van der Waals surface area contributed by atoms with E-state index in [1.807, 2.05) is 24.3 Å². The molecule has 2 rings (SSSR count). The Morgan fingerprint density at radius 3 is 1.96 bits per heavy atom. The highest BCUT2D eigenvalue weighted by Gasteiger charge is 2.14. The topological polar surface area (TPSA) is 69.6 Å². The molecule has 5 nitrogen and oxygen atoms in total. The van der Waals surface area contributed by atoms with E-state index in [0.717, 1.165) is 5.69 Å². The minimum absolute atomic E-state index is 0.168. The molecule has 0 atom stereocenters. The summed E-state index contributed by atoms with van der Waals surface area (Å²) in [5, 5.41) is 8.59. The molecule has 120 valence electrons. The van der Waals surface area contributed by atoms with E-state index in [2.05, 4.69) is 13.8 Å². The van der Waals surface area contributed by atoms with Crippen LogP contribution in [0, 0.1) is 0 Å². The van der Waals surface area contributed by atoms with Gasteiger partial charge in [-0.05, 0) is 47.9 Å². The highest BCUT2D eigenvalue weighted by Crippen LogP contribution is 2.20. The van der Waals surface area contributed by atoms with Gasteiger partial charge in [0.15, 0.2) is 0 Å². The van der Waals surface area contributed by atoms with Gasteiger partial charge in [-0.25, -0.2) is 5.48 Å². The molecule has 23 heavy (non-hydrogen) atoms. The van der Waals surface area contributed by atoms with Crippen LogP contribution in [0.15, 0.2) is 48.5 Å². The summed E-state index contributed by atoms with van der Waals surface area (Å²) in [6, 6.07) is 14.0. The van der Waals surface area contributed by atoms with Gasteiger partial charge in [-0.1, -0.05) is 26.0 Å². The fourth-order valence-electron chi connectivity index (χ4n) is 2.22. The van der Waals surface area contributed by atoms with Crippen LogP contribution >= 0.6 is 0 Å². The van der Waals surface area contributed by atoms with E-state index in [9.17, 15) is 9.59 Å². The first kappa shape index (κ1) is 16.7. The Kier molecular flexibility index (Phi) is 5.13. The average molecular weight is 312 g/mol. The summed E-state index contributed by atoms with van der Waals surface area (Å²) < 4.78 is 0. The van der Waals surface area contributed by atoms with Crippen LogP contribution in [0.1, 0.15) is 46.0 Å². The zero-order valence-electron chi connectivity index (χ0n) is 13.4. The zero-order chi connectivity index (χ0) is 17.0. The van der Waals surface area contributed by atoms with Gasteiger partial charge >= 0.3 is 0 Å². The first-order chi connectivity index (χ1) is 10.9. The normalized spacial score (nSPS) is 10.5. The first-order valence-corrected chi connectivity index (χ1v) is 7.36. The van der Waals surface area contributed by atoms with Crippen LogP contribution in [0.2, 0.25) is 0 Å². The van der Waals surface area contributed by atoms with Crippen molar-refractivity contribution in [1.82, 2.24) is 5.48 Å². The Hall–Kier alpha value is -2.66. The summed E-state index contributed by atoms with van der Waals surface area (Å²) >= 11 is 0. The van der Waals surface area contributed by atoms with Gasteiger partial charge in [-0.15, -0.1) is 0 Å². The van der Waals surface area contributed by atoms with E-state index in [-0.39, 0.29) is 11.5 Å². The molecule has 0 unspecified atom stereocenters. The molecule has 0 aliphatic rings. The van der Waals surface area contributed by atoms with Crippen molar-refractivity contribution in [2.45, 2.75) is 19.8 Å². The van der Waals surface area contributed by atoms with Gasteiger partial charge in [0.25, 0.3) is 11.8 Å². The van der Waals surface area contributed by atoms with Crippen molar-refractivity contribution >= 4 is 17.5 Å². The zero-order valence-corrected chi connectivity index (χ0v) is 13.4. The largest absolute Gasteiger partial charge is 0.311 e. The summed E-state index contributed by atoms with van der Waals surface area (Å²) in [6.07, 6.45) is 0. The van der Waals surface area contributed by atoms with Crippen LogP contribution in [-0.2, 0) is 0 Å². The Bertz CT molecular complexity index is 691. The summed E-state index contributed by atoms with van der Waals surface area (Å²) in [5.41, 5.74) is 4.33. The minimum Gasteiger partial charge on any atom is -0.311 e. The van der Waals surface area contributed by atoms with Crippen molar-refractivity contribution in [2.75, 3.05) is 11.9 Å². The molecule has 2 aromatic rings. The summed E-state index contributed by atoms with van der Waals surface area (Å²) in [6.45, 7) is 4.24. The third-order valence-corrected chi connectivity index (χ3v) is 3.75. The Morgan fingerprint density at radius 1 is 0.957 bits per heavy atom. The van der Waals surface area contributed by atoms with E-state index in [1.165, 1.54) is 17.7 Å². The first-order valence-electron chi connectivity index (χ1n) is 7.36. The monoisotopic (exact) mass is 312 g/mol. The number of amides is 2. The molecular weight excluding hydrogens is 292 g/mol. The fourth-order valence-corrected chi connectivity index (χ4v) is 2.22. The van der Waals surface area contributed by atoms with Gasteiger partial charge in [0, 0.05) is 23.9 Å². The van der Waals surface area contributed by atoms with E-state index in [0.29, 0.717) is 11.5 Å². The van der Waals surface area contributed by atoms with Gasteiger partial charge in [0.2, 0.25) is 0 Å². The molecule has 0 radical (unpaired) electrons. The second-order valence-corrected chi connectivity index (χ2v) is 5.63. The number of hydroxylamine groups is 1. The molecule has 2 N–H and O–H groups in total. The molecule has 0 aromatic heterocycles. The van der Waals surface area contributed by atoms with E-state index < -0.39 is 5.91 Å². The van der Waals surface area contributed by atoms with Crippen LogP contribution < -0.4 is 10.4 Å². The third kappa shape index (κ3) is 3.76. The van der Waals surface area contributed by atoms with Crippen molar-refractivity contribution in [1.29, 1.82) is 0 Å². The molecule has 0 fully saturated rings. The molecule has 0 aliphatic heterocycles. The average Bonchev–Trinajstić information content (AvgIpc) is 2.60. The lowest BCUT2D eigenvalue weighted by atomic mass is 10.0. The van der Waals surface area contributed by atoms with Crippen LogP contribution in [-0.4, -0.2) is 24.1 Å². The maximum atomic E-state index is 12.5. The van der Waals surface area contributed by atoms with E-state index in [4.69, 9.17) is 5.21 Å². The SMILES string of the molecule is CC(C)c1ccc(N(C)C(=O)c2ccc(C(=O)NO)cc2)cc1. The number of hydrogen-bond acceptors (Lipinski definition) is 3. The number of nitrogens with one attached hydrogen (secondary N) is 1. The number of carbonyl (C=O) groups excluding carboxylic acids is 2. The maximum Gasteiger partial charge on any atom is 0.274 e. The van der Waals surface area contributed by atoms with Gasteiger partial charge in [-0.2, -0.15) is 0 Å². The summed E-state index contributed by atoms with van der Waals surface area (Å²) in [7, 11) is 1.71. The maximum absolute atomic E-state index is 12.5. The van der Waals surface area contributed by atoms with Crippen molar-refractivity contribution in [2.24, 2.45) is 0 Å². The third-order valence-electron chi connectivity index (χ3n) is 3.75. The smallest absolute Gasteiger partial charge is 0.274 e. The number of rotatable bonds is 4. The van der Waals surface area contributed by atoms with Crippen molar-refractivity contribution < 1.29 is 14.8 Å². The van der Waals surface area contributed by atoms with Gasteiger partial charge in [-0.3, -0.25) is 14.8 Å². The minimum atomic E-state index is -0.610. The fraction of sp³-hybridized carbons (Fsp3) is 0.222. The molecule has 0 saturated heterocycles. The highest BCUT2D eigenvalue weighted by molar-refractivity contribution is 6.06. The lowest BCUT2D eigenvalue weighted by molar-refractivity contribution is 0.0706. The molecule has 0 bridgehead atoms. The number of benzene rings is 2.